The van der Waals surface area contributed by atoms with Crippen molar-refractivity contribution < 1.29 is 32.6 Å². The average molecular weight is 477 g/mol. The lowest BCUT2D eigenvalue weighted by Gasteiger charge is -2.35. The summed E-state index contributed by atoms with van der Waals surface area (Å²) in [7, 11) is 0. The second kappa shape index (κ2) is 10.1. The molecule has 0 radical (unpaired) electrons. The highest BCUT2D eigenvalue weighted by molar-refractivity contribution is 5.98. The highest BCUT2D eigenvalue weighted by atomic mass is 19.4. The van der Waals surface area contributed by atoms with E-state index in [4.69, 9.17) is 4.74 Å². The number of β-amino-alcohol motifs (C(OH)–C–C–N with tert-alkyl or cyclic N) is 1. The maximum Gasteiger partial charge on any atom is 0.433 e. The molecule has 2 aliphatic rings. The maximum absolute atomic E-state index is 13.1. The quantitative estimate of drug-likeness (QED) is 0.689. The van der Waals surface area contributed by atoms with Gasteiger partial charge in [0.15, 0.2) is 0 Å². The minimum atomic E-state index is -4.54. The molecule has 1 aromatic heterocycles. The van der Waals surface area contributed by atoms with E-state index in [0.717, 1.165) is 31.0 Å². The number of rotatable bonds is 6. The molecule has 0 spiro atoms. The molecule has 3 heterocycles. The Morgan fingerprint density at radius 1 is 1.09 bits per heavy atom. The number of alkyl halides is 3. The number of halogens is 3. The van der Waals surface area contributed by atoms with Gasteiger partial charge in [-0.25, -0.2) is 0 Å². The van der Waals surface area contributed by atoms with Crippen molar-refractivity contribution in [2.45, 2.75) is 31.5 Å². The number of Topliss-reactive ketones (excluding diaryl/α,β-unsaturated/α-hetero) is 1. The highest BCUT2D eigenvalue weighted by Crippen LogP contribution is 2.30. The summed E-state index contributed by atoms with van der Waals surface area (Å²) in [5, 5.41) is 10.4. The molecular weight excluding hydrogens is 451 g/mol. The van der Waals surface area contributed by atoms with Crippen LogP contribution in [0.1, 0.15) is 24.1 Å². The van der Waals surface area contributed by atoms with Crippen LogP contribution in [0.25, 0.3) is 0 Å². The van der Waals surface area contributed by atoms with Crippen LogP contribution in [0.3, 0.4) is 0 Å². The van der Waals surface area contributed by atoms with E-state index in [-0.39, 0.29) is 37.5 Å². The van der Waals surface area contributed by atoms with Crippen molar-refractivity contribution in [1.82, 2.24) is 4.98 Å². The number of hydrogen-bond acceptors (Lipinski definition) is 6. The van der Waals surface area contributed by atoms with Crippen molar-refractivity contribution in [2.24, 2.45) is 5.92 Å². The molecule has 10 heteroatoms. The Balaban J connectivity index is 1.39. The number of nitrogens with zero attached hydrogens (tertiary/aromatic N) is 3. The molecule has 0 bridgehead atoms. The summed E-state index contributed by atoms with van der Waals surface area (Å²) < 4.78 is 43.4. The Morgan fingerprint density at radius 2 is 1.76 bits per heavy atom. The van der Waals surface area contributed by atoms with Crippen LogP contribution in [0.15, 0.2) is 42.6 Å². The van der Waals surface area contributed by atoms with Gasteiger partial charge < -0.3 is 19.6 Å². The van der Waals surface area contributed by atoms with Gasteiger partial charge in [0.2, 0.25) is 5.91 Å². The molecule has 4 rings (SSSR count). The number of pyridine rings is 1. The number of aliphatic hydroxyl groups excluding tert-OH is 1. The first-order chi connectivity index (χ1) is 16.2. The van der Waals surface area contributed by atoms with Gasteiger partial charge in [0.25, 0.3) is 0 Å². The lowest BCUT2D eigenvalue weighted by atomic mass is 9.88. The van der Waals surface area contributed by atoms with Crippen LogP contribution in [-0.4, -0.2) is 60.7 Å². The summed E-state index contributed by atoms with van der Waals surface area (Å²) in [5.41, 5.74) is 0.987. The number of anilines is 2. The molecule has 2 fully saturated rings. The predicted molar refractivity (Wildman–Crippen MR) is 119 cm³/mol. The van der Waals surface area contributed by atoms with Crippen LogP contribution in [0.5, 0.6) is 0 Å². The van der Waals surface area contributed by atoms with Gasteiger partial charge in [0, 0.05) is 49.4 Å². The van der Waals surface area contributed by atoms with Crippen molar-refractivity contribution in [2.75, 3.05) is 42.6 Å². The third-order valence-electron chi connectivity index (χ3n) is 6.09. The van der Waals surface area contributed by atoms with Gasteiger partial charge in [0.1, 0.15) is 11.5 Å². The fourth-order valence-electron chi connectivity index (χ4n) is 4.36. The van der Waals surface area contributed by atoms with E-state index >= 15 is 0 Å². The third-order valence-corrected chi connectivity index (χ3v) is 6.09. The van der Waals surface area contributed by atoms with Gasteiger partial charge in [-0.05, 0) is 42.3 Å². The van der Waals surface area contributed by atoms with Crippen LogP contribution in [0.4, 0.5) is 24.5 Å². The number of morpholine rings is 1. The Bertz CT molecular complexity index is 1010. The first-order valence-corrected chi connectivity index (χ1v) is 11.2. The van der Waals surface area contributed by atoms with E-state index in [1.165, 1.54) is 11.0 Å². The third kappa shape index (κ3) is 5.74. The first kappa shape index (κ1) is 24.2. The van der Waals surface area contributed by atoms with Crippen LogP contribution < -0.4 is 9.80 Å². The molecule has 7 nitrogen and oxygen atoms in total. The summed E-state index contributed by atoms with van der Waals surface area (Å²) >= 11 is 0. The molecular formula is C24H26F3N3O4. The number of carbonyl (C=O) groups excluding carboxylic acids is 2. The number of piperidine rings is 1. The number of ether oxygens (including phenoxy) is 1. The molecule has 1 unspecified atom stereocenters. The van der Waals surface area contributed by atoms with Crippen LogP contribution in [0.2, 0.25) is 0 Å². The molecule has 1 aromatic carbocycles. The fraction of sp³-hybridized carbons (Fsp3) is 0.458. The fourth-order valence-corrected chi connectivity index (χ4v) is 4.36. The van der Waals surface area contributed by atoms with Gasteiger partial charge in [-0.2, -0.15) is 13.2 Å². The van der Waals surface area contributed by atoms with Crippen LogP contribution in [0, 0.1) is 5.92 Å². The van der Waals surface area contributed by atoms with E-state index in [0.29, 0.717) is 24.5 Å². The summed E-state index contributed by atoms with van der Waals surface area (Å²) in [6.07, 6.45) is -4.35. The normalized spacial score (nSPS) is 21.6. The van der Waals surface area contributed by atoms with E-state index < -0.39 is 23.9 Å². The molecule has 2 saturated heterocycles. The predicted octanol–water partition coefficient (Wildman–Crippen LogP) is 2.85. The number of amides is 1. The Kier molecular flexibility index (Phi) is 7.18. The van der Waals surface area contributed by atoms with Crippen LogP contribution in [-0.2, 0) is 26.9 Å². The Labute approximate surface area is 195 Å². The number of benzene rings is 1. The molecule has 1 amide bonds. The monoisotopic (exact) mass is 477 g/mol. The summed E-state index contributed by atoms with van der Waals surface area (Å²) in [6.45, 7) is 3.05. The minimum Gasteiger partial charge on any atom is -0.391 e. The summed E-state index contributed by atoms with van der Waals surface area (Å²) in [5.74, 6) is -1.24. The Morgan fingerprint density at radius 3 is 2.38 bits per heavy atom. The van der Waals surface area contributed by atoms with Gasteiger partial charge in [0.05, 0.1) is 25.9 Å². The zero-order chi connectivity index (χ0) is 24.3. The van der Waals surface area contributed by atoms with Gasteiger partial charge in [-0.3, -0.25) is 14.6 Å². The smallest absolute Gasteiger partial charge is 0.391 e. The Hall–Kier alpha value is -2.98. The van der Waals surface area contributed by atoms with Gasteiger partial charge >= 0.3 is 6.18 Å². The number of aromatic nitrogens is 1. The van der Waals surface area contributed by atoms with E-state index in [9.17, 15) is 27.9 Å². The van der Waals surface area contributed by atoms with Crippen molar-refractivity contribution in [3.8, 4) is 0 Å². The summed E-state index contributed by atoms with van der Waals surface area (Å²) in [4.78, 5) is 32.7. The average Bonchev–Trinajstić information content (AvgIpc) is 2.81. The molecule has 0 aliphatic carbocycles. The van der Waals surface area contributed by atoms with E-state index in [1.807, 2.05) is 24.3 Å². The summed E-state index contributed by atoms with van der Waals surface area (Å²) in [6, 6.07) is 9.55. The lowest BCUT2D eigenvalue weighted by Crippen LogP contribution is -2.48. The standard InChI is InChI=1S/C24H26F3N3O4/c25-24(26,27)22-6-1-16(14-28-22)11-20(31)12-17-13-21(32)15-30(23(17)33)19-4-2-18(3-5-19)29-7-9-34-10-8-29/h1-6,14,17,21,32H,7-13,15H2/t17-,21?/m1/s1. The number of hydrogen-bond donors (Lipinski definition) is 1. The largest absolute Gasteiger partial charge is 0.433 e. The molecule has 2 aromatic rings. The molecule has 2 aliphatic heterocycles. The van der Waals surface area contributed by atoms with Crippen molar-refractivity contribution in [1.29, 1.82) is 0 Å². The molecule has 1 N–H and O–H groups in total. The molecule has 34 heavy (non-hydrogen) atoms. The van der Waals surface area contributed by atoms with Gasteiger partial charge in [-0.1, -0.05) is 6.07 Å². The lowest BCUT2D eigenvalue weighted by molar-refractivity contribution is -0.141. The second-order valence-electron chi connectivity index (χ2n) is 8.62. The second-order valence-corrected chi connectivity index (χ2v) is 8.62. The zero-order valence-electron chi connectivity index (χ0n) is 18.5. The van der Waals surface area contributed by atoms with E-state index in [2.05, 4.69) is 9.88 Å². The topological polar surface area (TPSA) is 83.0 Å². The highest BCUT2D eigenvalue weighted by Gasteiger charge is 2.36. The number of aliphatic hydroxyl groups is 1. The molecule has 0 saturated carbocycles. The molecule has 2 atom stereocenters. The SMILES string of the molecule is O=C(Cc1ccc(C(F)(F)F)nc1)C[C@@H]1CC(O)CN(c2ccc(N3CCOCC3)cc2)C1=O. The number of ketones is 1. The molecule has 182 valence electrons. The van der Waals surface area contributed by atoms with Crippen molar-refractivity contribution >= 4 is 23.1 Å². The van der Waals surface area contributed by atoms with Crippen molar-refractivity contribution in [3.05, 3.63) is 53.9 Å². The maximum atomic E-state index is 13.1. The minimum absolute atomic E-state index is 0.0979. The van der Waals surface area contributed by atoms with Gasteiger partial charge in [-0.15, -0.1) is 0 Å². The van der Waals surface area contributed by atoms with Crippen molar-refractivity contribution in [3.63, 3.8) is 0 Å². The zero-order valence-corrected chi connectivity index (χ0v) is 18.5. The van der Waals surface area contributed by atoms with Crippen LogP contribution >= 0.6 is 0 Å². The van der Waals surface area contributed by atoms with E-state index in [1.54, 1.807) is 0 Å². The first-order valence-electron chi connectivity index (χ1n) is 11.2. The number of carbonyl (C=O) groups is 2.